The lowest BCUT2D eigenvalue weighted by atomic mass is 10.0. The van der Waals surface area contributed by atoms with E-state index in [1.54, 1.807) is 0 Å². The summed E-state index contributed by atoms with van der Waals surface area (Å²) in [6.07, 6.45) is 11.0. The van der Waals surface area contributed by atoms with Crippen molar-refractivity contribution in [2.75, 3.05) is 0 Å². The number of hydrogen-bond acceptors (Lipinski definition) is 1. The summed E-state index contributed by atoms with van der Waals surface area (Å²) in [5, 5.41) is 11.9. The van der Waals surface area contributed by atoms with Crippen molar-refractivity contribution in [3.8, 4) is 0 Å². The van der Waals surface area contributed by atoms with E-state index in [-0.39, 0.29) is 5.76 Å². The maximum absolute atomic E-state index is 10.7. The summed E-state index contributed by atoms with van der Waals surface area (Å²) in [5.41, 5.74) is 5.10. The summed E-state index contributed by atoms with van der Waals surface area (Å²) in [7, 11) is 0. The Morgan fingerprint density at radius 2 is 1.48 bits per heavy atom. The fraction of sp³-hybridized carbons (Fsp3) is 0.0370. The molecule has 4 aromatic rings. The third kappa shape index (κ3) is 5.46. The first-order valence-electron chi connectivity index (χ1n) is 9.95. The maximum atomic E-state index is 10.7. The van der Waals surface area contributed by atoms with Crippen LogP contribution in [-0.2, 0) is 0 Å². The van der Waals surface area contributed by atoms with Crippen LogP contribution in [0.1, 0.15) is 23.1 Å². The largest absolute Gasteiger partial charge is 0.507 e. The number of rotatable bonds is 6. The molecule has 0 radical (unpaired) electrons. The van der Waals surface area contributed by atoms with Crippen molar-refractivity contribution in [2.45, 2.75) is 6.42 Å². The smallest absolute Gasteiger partial charge is 0.123 e. The molecule has 2 nitrogen and oxygen atoms in total. The quantitative estimate of drug-likeness (QED) is 0.188. The molecule has 0 saturated heterocycles. The third-order valence-corrected chi connectivity index (χ3v) is 6.06. The van der Waals surface area contributed by atoms with E-state index in [0.29, 0.717) is 0 Å². The van der Waals surface area contributed by atoms with Crippen molar-refractivity contribution in [1.82, 2.24) is 4.98 Å². The van der Waals surface area contributed by atoms with Crippen LogP contribution >= 0.6 is 31.9 Å². The Kier molecular flexibility index (Phi) is 6.90. The molecule has 0 bridgehead atoms. The number of aromatic nitrogens is 1. The average Bonchev–Trinajstić information content (AvgIpc) is 3.20. The van der Waals surface area contributed by atoms with Gasteiger partial charge in [-0.05, 0) is 59.5 Å². The number of hydrogen-bond donors (Lipinski definition) is 2. The van der Waals surface area contributed by atoms with Gasteiger partial charge in [0.1, 0.15) is 5.76 Å². The second kappa shape index (κ2) is 9.99. The van der Waals surface area contributed by atoms with Crippen molar-refractivity contribution in [3.63, 3.8) is 0 Å². The Morgan fingerprint density at radius 3 is 2.19 bits per heavy atom. The first-order chi connectivity index (χ1) is 15.1. The lowest BCUT2D eigenvalue weighted by Gasteiger charge is -2.06. The van der Waals surface area contributed by atoms with Crippen LogP contribution in [0.15, 0.2) is 106 Å². The molecule has 0 aliphatic carbocycles. The zero-order valence-corrected chi connectivity index (χ0v) is 19.9. The molecule has 4 rings (SSSR count). The second-order valence-corrected chi connectivity index (χ2v) is 8.96. The Hall–Kier alpha value is -2.82. The van der Waals surface area contributed by atoms with Crippen LogP contribution in [0, 0.1) is 0 Å². The lowest BCUT2D eigenvalue weighted by Crippen LogP contribution is -1.87. The fourth-order valence-corrected chi connectivity index (χ4v) is 3.90. The predicted molar refractivity (Wildman–Crippen MR) is 139 cm³/mol. The highest BCUT2D eigenvalue weighted by atomic mass is 79.9. The van der Waals surface area contributed by atoms with Crippen LogP contribution in [0.25, 0.3) is 28.3 Å². The van der Waals surface area contributed by atoms with Crippen molar-refractivity contribution in [3.05, 3.63) is 123 Å². The first-order valence-corrected chi connectivity index (χ1v) is 11.5. The molecule has 0 amide bonds. The van der Waals surface area contributed by atoms with E-state index in [1.807, 2.05) is 66.9 Å². The van der Waals surface area contributed by atoms with Crippen LogP contribution in [0.3, 0.4) is 0 Å². The Morgan fingerprint density at radius 1 is 0.839 bits per heavy atom. The molecule has 1 heterocycles. The molecule has 31 heavy (non-hydrogen) atoms. The van der Waals surface area contributed by atoms with Crippen molar-refractivity contribution >= 4 is 60.2 Å². The van der Waals surface area contributed by atoms with E-state index < -0.39 is 0 Å². The first kappa shape index (κ1) is 21.4. The molecule has 0 fully saturated rings. The second-order valence-electron chi connectivity index (χ2n) is 7.13. The predicted octanol–water partition coefficient (Wildman–Crippen LogP) is 8.78. The van der Waals surface area contributed by atoms with Crippen LogP contribution in [0.5, 0.6) is 0 Å². The highest BCUT2D eigenvalue weighted by Gasteiger charge is 2.04. The van der Waals surface area contributed by atoms with E-state index in [2.05, 4.69) is 73.3 Å². The summed E-state index contributed by atoms with van der Waals surface area (Å²) in [4.78, 5) is 3.30. The number of para-hydroxylation sites is 1. The van der Waals surface area contributed by atoms with E-state index in [1.165, 1.54) is 10.9 Å². The summed E-state index contributed by atoms with van der Waals surface area (Å²) in [5.74, 6) is 0.238. The molecular weight excluding hydrogens is 514 g/mol. The minimum atomic E-state index is 0.238. The normalized spacial score (nSPS) is 12.7. The van der Waals surface area contributed by atoms with Crippen LogP contribution in [0.4, 0.5) is 0 Å². The molecule has 0 aliphatic heterocycles. The number of fused-ring (bicyclic) bond motifs is 1. The van der Waals surface area contributed by atoms with Crippen LogP contribution in [-0.4, -0.2) is 10.1 Å². The van der Waals surface area contributed by atoms with E-state index in [0.717, 1.165) is 37.6 Å². The van der Waals surface area contributed by atoms with Gasteiger partial charge in [-0.25, -0.2) is 0 Å². The molecule has 0 spiro atoms. The number of nitrogens with one attached hydrogen (secondary N) is 1. The van der Waals surface area contributed by atoms with Crippen LogP contribution in [0.2, 0.25) is 0 Å². The van der Waals surface area contributed by atoms with Gasteiger partial charge in [0, 0.05) is 31.6 Å². The monoisotopic (exact) mass is 533 g/mol. The molecule has 0 atom stereocenters. The standard InChI is InChI=1S/C27H21Br2NO/c28-23-13-9-19(10-14-23)21(17-27(31)20-11-15-24(29)16-12-20)5-1-2-6-22-18-30-26-8-4-3-7-25(22)26/h2-18,30-31H,1H2/b6-2+,21-5+,27-17-. The van der Waals surface area contributed by atoms with Gasteiger partial charge in [-0.15, -0.1) is 0 Å². The molecule has 154 valence electrons. The van der Waals surface area contributed by atoms with Gasteiger partial charge in [-0.3, -0.25) is 0 Å². The van der Waals surface area contributed by atoms with Gasteiger partial charge in [0.2, 0.25) is 0 Å². The summed E-state index contributed by atoms with van der Waals surface area (Å²) in [6.45, 7) is 0. The highest BCUT2D eigenvalue weighted by molar-refractivity contribution is 9.10. The Balaban J connectivity index is 1.60. The summed E-state index contributed by atoms with van der Waals surface area (Å²) >= 11 is 6.93. The number of H-pyrrole nitrogens is 1. The minimum absolute atomic E-state index is 0.238. The number of halogens is 2. The van der Waals surface area contributed by atoms with Crippen molar-refractivity contribution < 1.29 is 5.11 Å². The van der Waals surface area contributed by atoms with Gasteiger partial charge in [0.25, 0.3) is 0 Å². The zero-order chi connectivity index (χ0) is 21.6. The Bertz CT molecular complexity index is 1260. The number of aromatic amines is 1. The summed E-state index contributed by atoms with van der Waals surface area (Å²) < 4.78 is 2.01. The van der Waals surface area contributed by atoms with E-state index in [4.69, 9.17) is 0 Å². The number of aliphatic hydroxyl groups excluding tert-OH is 1. The molecule has 0 saturated carbocycles. The number of aliphatic hydroxyl groups is 1. The summed E-state index contributed by atoms with van der Waals surface area (Å²) in [6, 6.07) is 24.0. The minimum Gasteiger partial charge on any atom is -0.507 e. The average molecular weight is 535 g/mol. The van der Waals surface area contributed by atoms with Gasteiger partial charge in [0.15, 0.2) is 0 Å². The van der Waals surface area contributed by atoms with Gasteiger partial charge in [0.05, 0.1) is 0 Å². The van der Waals surface area contributed by atoms with Crippen molar-refractivity contribution in [1.29, 1.82) is 0 Å². The van der Waals surface area contributed by atoms with Crippen LogP contribution < -0.4 is 0 Å². The van der Waals surface area contributed by atoms with Gasteiger partial charge in [-0.2, -0.15) is 0 Å². The number of allylic oxidation sites excluding steroid dienone is 4. The topological polar surface area (TPSA) is 36.0 Å². The fourth-order valence-electron chi connectivity index (χ4n) is 3.38. The zero-order valence-electron chi connectivity index (χ0n) is 16.7. The maximum Gasteiger partial charge on any atom is 0.123 e. The van der Waals surface area contributed by atoms with Crippen molar-refractivity contribution in [2.24, 2.45) is 0 Å². The molecule has 4 heteroatoms. The van der Waals surface area contributed by atoms with E-state index >= 15 is 0 Å². The SMILES string of the molecule is O/C(=C\C(=C/C/C=C/c1c[nH]c2ccccc12)c1ccc(Br)cc1)c1ccc(Br)cc1. The lowest BCUT2D eigenvalue weighted by molar-refractivity contribution is 0.512. The Labute approximate surface area is 198 Å². The molecule has 2 N–H and O–H groups in total. The van der Waals surface area contributed by atoms with E-state index in [9.17, 15) is 5.11 Å². The molecule has 0 unspecified atom stereocenters. The van der Waals surface area contributed by atoms with Gasteiger partial charge >= 0.3 is 0 Å². The molecule has 0 aliphatic rings. The molecule has 1 aromatic heterocycles. The van der Waals surface area contributed by atoms with Gasteiger partial charge < -0.3 is 10.1 Å². The third-order valence-electron chi connectivity index (χ3n) is 5.00. The van der Waals surface area contributed by atoms with Gasteiger partial charge in [-0.1, -0.05) is 92.6 Å². The molecule has 3 aromatic carbocycles. The highest BCUT2D eigenvalue weighted by Crippen LogP contribution is 2.25. The molecular formula is C27H21Br2NO. The number of benzene rings is 3.